The maximum Gasteiger partial charge on any atom is 0.146 e. The summed E-state index contributed by atoms with van der Waals surface area (Å²) in [5, 5.41) is 0. The van der Waals surface area contributed by atoms with Crippen LogP contribution in [0.1, 0.15) is 22.6 Å². The Morgan fingerprint density at radius 2 is 1.70 bits per heavy atom. The lowest BCUT2D eigenvalue weighted by molar-refractivity contribution is -0.0392. The lowest BCUT2D eigenvalue weighted by Crippen LogP contribution is -2.16. The van der Waals surface area contributed by atoms with Gasteiger partial charge in [-0.1, -0.05) is 54.6 Å². The molecule has 0 saturated carbocycles. The van der Waals surface area contributed by atoms with E-state index in [4.69, 9.17) is 15.2 Å². The molecule has 0 heterocycles. The van der Waals surface area contributed by atoms with E-state index in [1.165, 1.54) is 11.1 Å². The highest BCUT2D eigenvalue weighted by molar-refractivity contribution is 5.38. The molecule has 0 amide bonds. The molecule has 1 unspecified atom stereocenters. The van der Waals surface area contributed by atoms with Crippen LogP contribution in [0.2, 0.25) is 0 Å². The van der Waals surface area contributed by atoms with Crippen molar-refractivity contribution in [1.82, 2.24) is 0 Å². The lowest BCUT2D eigenvalue weighted by Gasteiger charge is -2.19. The fraction of sp³-hybridized carbons (Fsp3) is 0.294. The Morgan fingerprint density at radius 3 is 2.40 bits per heavy atom. The Hall–Kier alpha value is -1.68. The van der Waals surface area contributed by atoms with Crippen LogP contribution in [0.4, 0.5) is 0 Å². The minimum Gasteiger partial charge on any atom is -0.359 e. The summed E-state index contributed by atoms with van der Waals surface area (Å²) in [5.74, 6) is 0.193. The van der Waals surface area contributed by atoms with Gasteiger partial charge in [0.1, 0.15) is 6.79 Å². The van der Waals surface area contributed by atoms with Gasteiger partial charge in [-0.2, -0.15) is 0 Å². The third-order valence-corrected chi connectivity index (χ3v) is 3.33. The van der Waals surface area contributed by atoms with Gasteiger partial charge >= 0.3 is 0 Å². The summed E-state index contributed by atoms with van der Waals surface area (Å²) in [7, 11) is 1.62. The smallest absolute Gasteiger partial charge is 0.146 e. The molecule has 106 valence electrons. The molecular formula is C17H21NO2. The van der Waals surface area contributed by atoms with Crippen LogP contribution >= 0.6 is 0 Å². The highest BCUT2D eigenvalue weighted by Gasteiger charge is 2.15. The van der Waals surface area contributed by atoms with E-state index < -0.39 is 0 Å². The number of nitrogens with two attached hydrogens (primary N) is 1. The van der Waals surface area contributed by atoms with Crippen molar-refractivity contribution in [3.05, 3.63) is 71.3 Å². The number of ether oxygens (including phenoxy) is 2. The predicted octanol–water partition coefficient (Wildman–Crippen LogP) is 2.90. The molecule has 0 radical (unpaired) electrons. The third-order valence-electron chi connectivity index (χ3n) is 3.33. The molecule has 2 aromatic carbocycles. The average Bonchev–Trinajstić information content (AvgIpc) is 2.51. The minimum absolute atomic E-state index is 0.193. The van der Waals surface area contributed by atoms with Crippen molar-refractivity contribution in [2.45, 2.75) is 12.5 Å². The van der Waals surface area contributed by atoms with Gasteiger partial charge in [-0.05, 0) is 16.7 Å². The van der Waals surface area contributed by atoms with E-state index in [-0.39, 0.29) is 5.92 Å². The van der Waals surface area contributed by atoms with E-state index in [9.17, 15) is 0 Å². The van der Waals surface area contributed by atoms with Gasteiger partial charge in [0.25, 0.3) is 0 Å². The van der Waals surface area contributed by atoms with Crippen molar-refractivity contribution < 1.29 is 9.47 Å². The summed E-state index contributed by atoms with van der Waals surface area (Å²) in [5.41, 5.74) is 9.60. The monoisotopic (exact) mass is 271 g/mol. The van der Waals surface area contributed by atoms with Crippen molar-refractivity contribution in [2.24, 2.45) is 5.73 Å². The molecule has 1 atom stereocenters. The quantitative estimate of drug-likeness (QED) is 0.622. The Kier molecular flexibility index (Phi) is 5.74. The third kappa shape index (κ3) is 3.67. The molecule has 0 spiro atoms. The summed E-state index contributed by atoms with van der Waals surface area (Å²) in [6.07, 6.45) is 0. The van der Waals surface area contributed by atoms with Crippen molar-refractivity contribution in [3.8, 4) is 0 Å². The predicted molar refractivity (Wildman–Crippen MR) is 80.4 cm³/mol. The number of benzene rings is 2. The standard InChI is InChI=1S/C17H21NO2/c1-19-13-20-12-15-9-5-6-10-16(15)17(11-18)14-7-3-2-4-8-14/h2-10,17H,11-13,18H2,1H3. The summed E-state index contributed by atoms with van der Waals surface area (Å²) in [6, 6.07) is 18.6. The average molecular weight is 271 g/mol. The van der Waals surface area contributed by atoms with Gasteiger partial charge in [-0.25, -0.2) is 0 Å². The second-order valence-corrected chi connectivity index (χ2v) is 4.65. The molecule has 0 fully saturated rings. The maximum absolute atomic E-state index is 6.00. The van der Waals surface area contributed by atoms with E-state index in [1.54, 1.807) is 7.11 Å². The summed E-state index contributed by atoms with van der Waals surface area (Å²) in [4.78, 5) is 0. The van der Waals surface area contributed by atoms with Crippen LogP contribution in [0, 0.1) is 0 Å². The lowest BCUT2D eigenvalue weighted by atomic mass is 9.88. The molecule has 0 aromatic heterocycles. The van der Waals surface area contributed by atoms with Crippen LogP contribution in [0.15, 0.2) is 54.6 Å². The highest BCUT2D eigenvalue weighted by Crippen LogP contribution is 2.26. The van der Waals surface area contributed by atoms with Crippen LogP contribution in [-0.4, -0.2) is 20.4 Å². The molecule has 0 saturated heterocycles. The fourth-order valence-corrected chi connectivity index (χ4v) is 2.37. The molecule has 20 heavy (non-hydrogen) atoms. The second kappa shape index (κ2) is 7.80. The number of hydrogen-bond acceptors (Lipinski definition) is 3. The van der Waals surface area contributed by atoms with E-state index in [0.717, 1.165) is 5.56 Å². The molecular weight excluding hydrogens is 250 g/mol. The van der Waals surface area contributed by atoms with E-state index in [2.05, 4.69) is 24.3 Å². The molecule has 2 rings (SSSR count). The first-order valence-corrected chi connectivity index (χ1v) is 6.76. The minimum atomic E-state index is 0.193. The molecule has 0 aliphatic rings. The first kappa shape index (κ1) is 14.7. The van der Waals surface area contributed by atoms with Gasteiger partial charge in [0.05, 0.1) is 6.61 Å². The van der Waals surface area contributed by atoms with Gasteiger partial charge in [0, 0.05) is 19.6 Å². The summed E-state index contributed by atoms with van der Waals surface area (Å²) in [6.45, 7) is 1.41. The molecule has 0 bridgehead atoms. The zero-order valence-electron chi connectivity index (χ0n) is 11.8. The van der Waals surface area contributed by atoms with Crippen LogP contribution in [-0.2, 0) is 16.1 Å². The normalized spacial score (nSPS) is 12.3. The largest absolute Gasteiger partial charge is 0.359 e. The Morgan fingerprint density at radius 1 is 1.00 bits per heavy atom. The zero-order valence-corrected chi connectivity index (χ0v) is 11.8. The van der Waals surface area contributed by atoms with Gasteiger partial charge in [-0.15, -0.1) is 0 Å². The van der Waals surface area contributed by atoms with Crippen molar-refractivity contribution in [2.75, 3.05) is 20.4 Å². The van der Waals surface area contributed by atoms with Gasteiger partial charge < -0.3 is 15.2 Å². The van der Waals surface area contributed by atoms with Crippen LogP contribution in [0.25, 0.3) is 0 Å². The van der Waals surface area contributed by atoms with E-state index in [1.807, 2.05) is 30.3 Å². The van der Waals surface area contributed by atoms with Gasteiger partial charge in [-0.3, -0.25) is 0 Å². The Balaban J connectivity index is 2.25. The molecule has 2 aromatic rings. The maximum atomic E-state index is 6.00. The first-order chi connectivity index (χ1) is 9.86. The Bertz CT molecular complexity index is 513. The van der Waals surface area contributed by atoms with Gasteiger partial charge in [0.15, 0.2) is 0 Å². The topological polar surface area (TPSA) is 44.5 Å². The molecule has 0 aliphatic heterocycles. The second-order valence-electron chi connectivity index (χ2n) is 4.65. The highest BCUT2D eigenvalue weighted by atomic mass is 16.7. The molecule has 2 N–H and O–H groups in total. The Labute approximate surface area is 120 Å². The van der Waals surface area contributed by atoms with Crippen molar-refractivity contribution >= 4 is 0 Å². The molecule has 3 heteroatoms. The number of methoxy groups -OCH3 is 1. The number of hydrogen-bond donors (Lipinski definition) is 1. The summed E-state index contributed by atoms with van der Waals surface area (Å²) >= 11 is 0. The summed E-state index contributed by atoms with van der Waals surface area (Å²) < 4.78 is 10.4. The fourth-order valence-electron chi connectivity index (χ4n) is 2.37. The van der Waals surface area contributed by atoms with Crippen molar-refractivity contribution in [1.29, 1.82) is 0 Å². The molecule has 0 aliphatic carbocycles. The number of rotatable bonds is 7. The van der Waals surface area contributed by atoms with E-state index in [0.29, 0.717) is 19.9 Å². The van der Waals surface area contributed by atoms with E-state index >= 15 is 0 Å². The van der Waals surface area contributed by atoms with Gasteiger partial charge in [0.2, 0.25) is 0 Å². The molecule has 3 nitrogen and oxygen atoms in total. The zero-order chi connectivity index (χ0) is 14.2. The SMILES string of the molecule is COCOCc1ccccc1C(CN)c1ccccc1. The van der Waals surface area contributed by atoms with Crippen LogP contribution in [0.3, 0.4) is 0 Å². The van der Waals surface area contributed by atoms with Crippen molar-refractivity contribution in [3.63, 3.8) is 0 Å². The first-order valence-electron chi connectivity index (χ1n) is 6.76. The van der Waals surface area contributed by atoms with Crippen LogP contribution in [0.5, 0.6) is 0 Å². The van der Waals surface area contributed by atoms with Crippen LogP contribution < -0.4 is 5.73 Å².